The Morgan fingerprint density at radius 2 is 1.78 bits per heavy atom. The molecule has 1 amide bonds. The summed E-state index contributed by atoms with van der Waals surface area (Å²) in [6, 6.07) is 25.2. The molecule has 0 saturated heterocycles. The smallest absolute Gasteiger partial charge is 0.254 e. The minimum Gasteiger partial charge on any atom is -0.494 e. The summed E-state index contributed by atoms with van der Waals surface area (Å²) in [5.41, 5.74) is 1.51. The number of hydrogen-bond donors (Lipinski definition) is 1. The van der Waals surface area contributed by atoms with Crippen LogP contribution in [0.2, 0.25) is 0 Å². The van der Waals surface area contributed by atoms with Crippen LogP contribution in [-0.2, 0) is 9.53 Å². The summed E-state index contributed by atoms with van der Waals surface area (Å²) in [6.45, 7) is 0.522. The second-order valence-corrected chi connectivity index (χ2v) is 9.97. The molecule has 1 aliphatic rings. The Balaban J connectivity index is 1.72. The van der Waals surface area contributed by atoms with Gasteiger partial charge in [0.15, 0.2) is 11.6 Å². The van der Waals surface area contributed by atoms with Crippen LogP contribution in [-0.4, -0.2) is 54.7 Å². The number of nitrogens with zero attached hydrogens (tertiary/aromatic N) is 2. The Morgan fingerprint density at radius 1 is 1.08 bits per heavy atom. The standard InChI is InChI=1S/C30H31BrN2O4/c1-33(2)29(35)30(19-6-10-22-8-4-3-5-9-22)27(23-11-15-25(31)16-12-23)37-28(32-30)24-13-17-26(18-14-24)36-21-7-20-34/h3-6,8-18,27,34H,7,19-21H2,1-2H3/b10-6+/t27-,30-/m1/s1. The van der Waals surface area contributed by atoms with Crippen molar-refractivity contribution in [3.63, 3.8) is 0 Å². The lowest BCUT2D eigenvalue weighted by Crippen LogP contribution is -2.47. The first-order chi connectivity index (χ1) is 17.9. The van der Waals surface area contributed by atoms with E-state index in [0.717, 1.165) is 21.2 Å². The number of aliphatic hydroxyl groups excluding tert-OH is 1. The van der Waals surface area contributed by atoms with E-state index in [1.165, 1.54) is 0 Å². The zero-order chi connectivity index (χ0) is 26.3. The van der Waals surface area contributed by atoms with Crippen molar-refractivity contribution in [2.24, 2.45) is 4.99 Å². The van der Waals surface area contributed by atoms with Crippen LogP contribution in [0, 0.1) is 0 Å². The number of halogens is 1. The zero-order valence-corrected chi connectivity index (χ0v) is 22.6. The van der Waals surface area contributed by atoms with Gasteiger partial charge in [-0.15, -0.1) is 0 Å². The van der Waals surface area contributed by atoms with E-state index in [1.807, 2.05) is 91.0 Å². The van der Waals surface area contributed by atoms with Crippen LogP contribution in [0.3, 0.4) is 0 Å². The molecule has 0 radical (unpaired) electrons. The number of hydrogen-bond acceptors (Lipinski definition) is 5. The molecule has 0 fully saturated rings. The summed E-state index contributed by atoms with van der Waals surface area (Å²) in [7, 11) is 3.49. The Morgan fingerprint density at radius 3 is 2.43 bits per heavy atom. The Kier molecular flexibility index (Phi) is 8.79. The van der Waals surface area contributed by atoms with E-state index in [-0.39, 0.29) is 12.5 Å². The van der Waals surface area contributed by atoms with Crippen LogP contribution >= 0.6 is 15.9 Å². The average Bonchev–Trinajstić information content (AvgIpc) is 3.30. The van der Waals surface area contributed by atoms with Crippen molar-refractivity contribution in [1.82, 2.24) is 4.90 Å². The van der Waals surface area contributed by atoms with Gasteiger partial charge in [0.25, 0.3) is 5.91 Å². The number of likely N-dealkylation sites (N-methyl/N-ethyl adjacent to an activating group) is 1. The quantitative estimate of drug-likeness (QED) is 0.324. The van der Waals surface area contributed by atoms with Gasteiger partial charge in [0.1, 0.15) is 5.75 Å². The molecule has 3 aromatic rings. The Hall–Kier alpha value is -3.42. The number of carbonyl (C=O) groups excluding carboxylic acids is 1. The molecule has 0 aromatic heterocycles. The summed E-state index contributed by atoms with van der Waals surface area (Å²) in [6.07, 6.45) is 4.33. The van der Waals surface area contributed by atoms with Gasteiger partial charge in [-0.3, -0.25) is 4.79 Å². The maximum Gasteiger partial charge on any atom is 0.254 e. The lowest BCUT2D eigenvalue weighted by atomic mass is 9.84. The molecule has 0 aliphatic carbocycles. The van der Waals surface area contributed by atoms with Gasteiger partial charge in [-0.05, 0) is 47.5 Å². The van der Waals surface area contributed by atoms with Gasteiger partial charge in [0, 0.05) is 43.6 Å². The molecule has 2 atom stereocenters. The van der Waals surface area contributed by atoms with Gasteiger partial charge in [0.2, 0.25) is 5.90 Å². The van der Waals surface area contributed by atoms with Crippen LogP contribution in [0.5, 0.6) is 5.75 Å². The summed E-state index contributed by atoms with van der Waals surface area (Å²) in [5.74, 6) is 0.983. The van der Waals surface area contributed by atoms with Crippen LogP contribution in [0.4, 0.5) is 0 Å². The minimum atomic E-state index is -1.17. The van der Waals surface area contributed by atoms with Gasteiger partial charge in [-0.2, -0.15) is 0 Å². The van der Waals surface area contributed by atoms with E-state index >= 15 is 0 Å². The number of aliphatic hydroxyl groups is 1. The lowest BCUT2D eigenvalue weighted by Gasteiger charge is -2.32. The SMILES string of the molecule is CN(C)C(=O)[C@]1(C/C=C/c2ccccc2)N=C(c2ccc(OCCCO)cc2)O[C@@H]1c1ccc(Br)cc1. The normalized spacial score (nSPS) is 18.9. The number of benzene rings is 3. The number of aliphatic imine (C=N–C) groups is 1. The van der Waals surface area contributed by atoms with E-state index in [2.05, 4.69) is 15.9 Å². The molecule has 4 rings (SSSR count). The van der Waals surface area contributed by atoms with Crippen molar-refractivity contribution in [1.29, 1.82) is 0 Å². The molecule has 1 heterocycles. The van der Waals surface area contributed by atoms with Crippen LogP contribution in [0.1, 0.15) is 35.6 Å². The molecule has 192 valence electrons. The number of rotatable bonds is 10. The summed E-state index contributed by atoms with van der Waals surface area (Å²) in [5, 5.41) is 8.97. The van der Waals surface area contributed by atoms with E-state index in [9.17, 15) is 4.79 Å². The third-order valence-electron chi connectivity index (χ3n) is 6.12. The summed E-state index contributed by atoms with van der Waals surface area (Å²) < 4.78 is 13.1. The average molecular weight is 563 g/mol. The van der Waals surface area contributed by atoms with E-state index in [4.69, 9.17) is 19.6 Å². The predicted molar refractivity (Wildman–Crippen MR) is 150 cm³/mol. The maximum absolute atomic E-state index is 13.8. The minimum absolute atomic E-state index is 0.0842. The Bertz CT molecular complexity index is 1240. The van der Waals surface area contributed by atoms with Crippen molar-refractivity contribution < 1.29 is 19.4 Å². The number of ether oxygens (including phenoxy) is 2. The zero-order valence-electron chi connectivity index (χ0n) is 21.0. The highest BCUT2D eigenvalue weighted by molar-refractivity contribution is 9.10. The van der Waals surface area contributed by atoms with Gasteiger partial charge >= 0.3 is 0 Å². The van der Waals surface area contributed by atoms with Gasteiger partial charge < -0.3 is 19.5 Å². The molecule has 0 saturated carbocycles. The monoisotopic (exact) mass is 562 g/mol. The third kappa shape index (κ3) is 6.29. The van der Waals surface area contributed by atoms with Gasteiger partial charge in [0.05, 0.1) is 6.61 Å². The van der Waals surface area contributed by atoms with Crippen molar-refractivity contribution in [3.8, 4) is 5.75 Å². The molecule has 0 bridgehead atoms. The van der Waals surface area contributed by atoms with E-state index in [1.54, 1.807) is 19.0 Å². The largest absolute Gasteiger partial charge is 0.494 e. The fourth-order valence-electron chi connectivity index (χ4n) is 4.26. The third-order valence-corrected chi connectivity index (χ3v) is 6.65. The Labute approximate surface area is 226 Å². The topological polar surface area (TPSA) is 71.4 Å². The molecule has 0 unspecified atom stereocenters. The molecular weight excluding hydrogens is 532 g/mol. The van der Waals surface area contributed by atoms with Crippen molar-refractivity contribution in [3.05, 3.63) is 106 Å². The summed E-state index contributed by atoms with van der Waals surface area (Å²) >= 11 is 3.50. The number of carbonyl (C=O) groups is 1. The first-order valence-electron chi connectivity index (χ1n) is 12.2. The molecular formula is C30H31BrN2O4. The van der Waals surface area contributed by atoms with Gasteiger partial charge in [-0.1, -0.05) is 70.5 Å². The molecule has 1 aliphatic heterocycles. The molecule has 6 nitrogen and oxygen atoms in total. The molecule has 37 heavy (non-hydrogen) atoms. The second kappa shape index (κ2) is 12.2. The fraction of sp³-hybridized carbons (Fsp3) is 0.267. The lowest BCUT2D eigenvalue weighted by molar-refractivity contribution is -0.137. The number of amides is 1. The van der Waals surface area contributed by atoms with Gasteiger partial charge in [-0.25, -0.2) is 4.99 Å². The van der Waals surface area contributed by atoms with Crippen LogP contribution in [0.25, 0.3) is 6.08 Å². The highest BCUT2D eigenvalue weighted by Gasteiger charge is 2.53. The molecule has 1 N–H and O–H groups in total. The molecule has 0 spiro atoms. The molecule has 7 heteroatoms. The first kappa shape index (κ1) is 26.6. The highest BCUT2D eigenvalue weighted by Crippen LogP contribution is 2.44. The van der Waals surface area contributed by atoms with E-state index in [0.29, 0.717) is 31.1 Å². The fourth-order valence-corrected chi connectivity index (χ4v) is 4.53. The first-order valence-corrected chi connectivity index (χ1v) is 13.0. The summed E-state index contributed by atoms with van der Waals surface area (Å²) in [4.78, 5) is 20.4. The highest BCUT2D eigenvalue weighted by atomic mass is 79.9. The second-order valence-electron chi connectivity index (χ2n) is 9.06. The van der Waals surface area contributed by atoms with Crippen molar-refractivity contribution >= 4 is 33.8 Å². The van der Waals surface area contributed by atoms with E-state index < -0.39 is 11.6 Å². The van der Waals surface area contributed by atoms with Crippen LogP contribution < -0.4 is 4.74 Å². The van der Waals surface area contributed by atoms with Crippen LogP contribution in [0.15, 0.2) is 94.4 Å². The van der Waals surface area contributed by atoms with Crippen molar-refractivity contribution in [2.45, 2.75) is 24.5 Å². The maximum atomic E-state index is 13.8. The predicted octanol–water partition coefficient (Wildman–Crippen LogP) is 5.66. The molecule has 3 aromatic carbocycles. The van der Waals surface area contributed by atoms with Crippen molar-refractivity contribution in [2.75, 3.05) is 27.3 Å².